The van der Waals surface area contributed by atoms with Crippen LogP contribution in [0, 0.1) is 6.92 Å². The highest BCUT2D eigenvalue weighted by molar-refractivity contribution is 7.92. The summed E-state index contributed by atoms with van der Waals surface area (Å²) in [5, 5.41) is 3.04. The molecule has 2 aromatic carbocycles. The number of para-hydroxylation sites is 1. The van der Waals surface area contributed by atoms with Gasteiger partial charge in [0, 0.05) is 0 Å². The van der Waals surface area contributed by atoms with Crippen LogP contribution in [-0.4, -0.2) is 33.7 Å². The third kappa shape index (κ3) is 5.50. The Balaban J connectivity index is 2.32. The zero-order valence-corrected chi connectivity index (χ0v) is 18.5. The molecule has 7 heteroatoms. The Labute approximate surface area is 173 Å². The van der Waals surface area contributed by atoms with Crippen LogP contribution in [-0.2, 0) is 14.8 Å². The van der Waals surface area contributed by atoms with E-state index < -0.39 is 16.1 Å². The van der Waals surface area contributed by atoms with Crippen LogP contribution in [0.5, 0.6) is 5.75 Å². The lowest BCUT2D eigenvalue weighted by molar-refractivity contribution is -0.123. The van der Waals surface area contributed by atoms with E-state index in [0.717, 1.165) is 23.1 Å². The van der Waals surface area contributed by atoms with Gasteiger partial charge in [0.25, 0.3) is 0 Å². The summed E-state index contributed by atoms with van der Waals surface area (Å²) in [5.41, 5.74) is 2.41. The van der Waals surface area contributed by atoms with Crippen LogP contribution in [0.15, 0.2) is 48.5 Å². The Hall–Kier alpha value is -2.54. The van der Waals surface area contributed by atoms with E-state index in [9.17, 15) is 13.2 Å². The Kier molecular flexibility index (Phi) is 7.67. The minimum absolute atomic E-state index is 0.224. The molecule has 0 saturated heterocycles. The van der Waals surface area contributed by atoms with Gasteiger partial charge in [-0.15, -0.1) is 0 Å². The first-order valence-electron chi connectivity index (χ1n) is 9.72. The van der Waals surface area contributed by atoms with E-state index in [4.69, 9.17) is 4.74 Å². The van der Waals surface area contributed by atoms with E-state index in [-0.39, 0.29) is 11.9 Å². The molecule has 29 heavy (non-hydrogen) atoms. The third-order valence-corrected chi connectivity index (χ3v) is 6.07. The summed E-state index contributed by atoms with van der Waals surface area (Å²) in [7, 11) is -2.02. The first-order valence-corrected chi connectivity index (χ1v) is 11.6. The molecule has 0 fully saturated rings. The van der Waals surface area contributed by atoms with E-state index in [0.29, 0.717) is 18.5 Å². The summed E-state index contributed by atoms with van der Waals surface area (Å²) < 4.78 is 31.5. The number of nitrogens with one attached hydrogen (secondary N) is 1. The molecule has 158 valence electrons. The molecule has 0 bridgehead atoms. The van der Waals surface area contributed by atoms with Crippen LogP contribution in [0.2, 0.25) is 0 Å². The van der Waals surface area contributed by atoms with Crippen molar-refractivity contribution in [3.8, 4) is 5.75 Å². The number of anilines is 1. The van der Waals surface area contributed by atoms with Gasteiger partial charge in [0.2, 0.25) is 15.9 Å². The van der Waals surface area contributed by atoms with Gasteiger partial charge in [0.15, 0.2) is 0 Å². The average Bonchev–Trinajstić information content (AvgIpc) is 2.69. The highest BCUT2D eigenvalue weighted by Crippen LogP contribution is 2.26. The van der Waals surface area contributed by atoms with Crippen molar-refractivity contribution in [2.45, 2.75) is 45.7 Å². The molecule has 1 N–H and O–H groups in total. The molecule has 0 radical (unpaired) electrons. The van der Waals surface area contributed by atoms with Gasteiger partial charge in [0.1, 0.15) is 11.8 Å². The number of hydrogen-bond donors (Lipinski definition) is 1. The lowest BCUT2D eigenvalue weighted by Crippen LogP contribution is -2.50. The molecular weight excluding hydrogens is 388 g/mol. The predicted octanol–water partition coefficient (Wildman–Crippen LogP) is 3.82. The van der Waals surface area contributed by atoms with Gasteiger partial charge in [-0.05, 0) is 49.1 Å². The Morgan fingerprint density at radius 3 is 2.24 bits per heavy atom. The van der Waals surface area contributed by atoms with Crippen LogP contribution in [0.25, 0.3) is 0 Å². The van der Waals surface area contributed by atoms with E-state index in [1.165, 1.54) is 4.31 Å². The van der Waals surface area contributed by atoms with Gasteiger partial charge in [-0.25, -0.2) is 8.42 Å². The monoisotopic (exact) mass is 418 g/mol. The van der Waals surface area contributed by atoms with Crippen molar-refractivity contribution in [3.05, 3.63) is 59.7 Å². The maximum absolute atomic E-state index is 13.1. The zero-order chi connectivity index (χ0) is 21.6. The topological polar surface area (TPSA) is 75.7 Å². The number of carbonyl (C=O) groups is 1. The van der Waals surface area contributed by atoms with Gasteiger partial charge in [-0.1, -0.05) is 44.2 Å². The fraction of sp³-hybridized carbons (Fsp3) is 0.409. The number of aryl methyl sites for hydroxylation is 1. The fourth-order valence-corrected chi connectivity index (χ4v) is 4.65. The number of ether oxygens (including phenoxy) is 1. The van der Waals surface area contributed by atoms with Gasteiger partial charge in [0.05, 0.1) is 25.1 Å². The van der Waals surface area contributed by atoms with Gasteiger partial charge < -0.3 is 10.1 Å². The minimum atomic E-state index is -3.64. The first-order chi connectivity index (χ1) is 13.7. The van der Waals surface area contributed by atoms with Gasteiger partial charge in [-0.3, -0.25) is 9.10 Å². The lowest BCUT2D eigenvalue weighted by atomic mass is 10.0. The van der Waals surface area contributed by atoms with Crippen LogP contribution in [0.3, 0.4) is 0 Å². The standard InChI is InChI=1S/C22H30N2O4S/c1-6-19(17-13-14-21(28-4)16(3)15-17)23-22(25)20(7-2)24(29(5,26)27)18-11-9-8-10-12-18/h8-15,19-20H,6-7H2,1-5H3,(H,23,25)/t19-,20-/m0/s1. The third-order valence-electron chi connectivity index (χ3n) is 4.89. The Morgan fingerprint density at radius 2 is 1.76 bits per heavy atom. The molecule has 0 saturated carbocycles. The summed E-state index contributed by atoms with van der Waals surface area (Å²) in [6.45, 7) is 5.74. The molecule has 0 heterocycles. The molecule has 1 amide bonds. The second-order valence-electron chi connectivity index (χ2n) is 7.02. The minimum Gasteiger partial charge on any atom is -0.496 e. The SMILES string of the molecule is CC[C@H](NC(=O)[C@H](CC)N(c1ccccc1)S(C)(=O)=O)c1ccc(OC)c(C)c1. The lowest BCUT2D eigenvalue weighted by Gasteiger charge is -2.31. The summed E-state index contributed by atoms with van der Waals surface area (Å²) in [6.07, 6.45) is 2.16. The van der Waals surface area contributed by atoms with Crippen molar-refractivity contribution in [1.29, 1.82) is 0 Å². The van der Waals surface area contributed by atoms with Crippen molar-refractivity contribution in [2.24, 2.45) is 0 Å². The molecule has 0 aliphatic carbocycles. The van der Waals surface area contributed by atoms with Crippen LogP contribution < -0.4 is 14.4 Å². The van der Waals surface area contributed by atoms with Gasteiger partial charge >= 0.3 is 0 Å². The fourth-order valence-electron chi connectivity index (χ4n) is 3.44. The highest BCUT2D eigenvalue weighted by atomic mass is 32.2. The number of sulfonamides is 1. The summed E-state index contributed by atoms with van der Waals surface area (Å²) >= 11 is 0. The van der Waals surface area contributed by atoms with Crippen molar-refractivity contribution in [2.75, 3.05) is 17.7 Å². The number of benzene rings is 2. The van der Waals surface area contributed by atoms with E-state index in [1.54, 1.807) is 31.4 Å². The van der Waals surface area contributed by atoms with Crippen molar-refractivity contribution >= 4 is 21.6 Å². The predicted molar refractivity (Wildman–Crippen MR) is 117 cm³/mol. The highest BCUT2D eigenvalue weighted by Gasteiger charge is 2.32. The molecular formula is C22H30N2O4S. The first kappa shape index (κ1) is 22.7. The summed E-state index contributed by atoms with van der Waals surface area (Å²) in [4.78, 5) is 13.1. The molecule has 6 nitrogen and oxygen atoms in total. The average molecular weight is 419 g/mol. The van der Waals surface area contributed by atoms with Crippen LogP contribution in [0.4, 0.5) is 5.69 Å². The number of rotatable bonds is 9. The zero-order valence-electron chi connectivity index (χ0n) is 17.7. The smallest absolute Gasteiger partial charge is 0.244 e. The second-order valence-corrected chi connectivity index (χ2v) is 8.88. The molecule has 2 atom stereocenters. The van der Waals surface area contributed by atoms with Crippen molar-refractivity contribution < 1.29 is 17.9 Å². The van der Waals surface area contributed by atoms with Crippen LogP contribution >= 0.6 is 0 Å². The second kappa shape index (κ2) is 9.78. The molecule has 2 aromatic rings. The number of methoxy groups -OCH3 is 1. The molecule has 0 aromatic heterocycles. The van der Waals surface area contributed by atoms with E-state index in [1.807, 2.05) is 45.0 Å². The maximum Gasteiger partial charge on any atom is 0.244 e. The van der Waals surface area contributed by atoms with Crippen molar-refractivity contribution in [1.82, 2.24) is 5.32 Å². The molecule has 0 unspecified atom stereocenters. The normalized spacial score (nSPS) is 13.4. The van der Waals surface area contributed by atoms with E-state index >= 15 is 0 Å². The Bertz CT molecular complexity index is 929. The summed E-state index contributed by atoms with van der Waals surface area (Å²) in [5.74, 6) is 0.468. The Morgan fingerprint density at radius 1 is 1.10 bits per heavy atom. The number of hydrogen-bond acceptors (Lipinski definition) is 4. The number of carbonyl (C=O) groups excluding carboxylic acids is 1. The molecule has 0 aliphatic heterocycles. The summed E-state index contributed by atoms with van der Waals surface area (Å²) in [6, 6.07) is 13.4. The van der Waals surface area contributed by atoms with E-state index in [2.05, 4.69) is 5.32 Å². The molecule has 0 spiro atoms. The van der Waals surface area contributed by atoms with Gasteiger partial charge in [-0.2, -0.15) is 0 Å². The molecule has 2 rings (SSSR count). The number of amides is 1. The maximum atomic E-state index is 13.1. The van der Waals surface area contributed by atoms with Crippen LogP contribution in [0.1, 0.15) is 43.9 Å². The van der Waals surface area contributed by atoms with Crippen molar-refractivity contribution in [3.63, 3.8) is 0 Å². The quantitative estimate of drug-likeness (QED) is 0.672. The molecule has 0 aliphatic rings. The largest absolute Gasteiger partial charge is 0.496 e. The number of nitrogens with zero attached hydrogens (tertiary/aromatic N) is 1.